The predicted octanol–water partition coefficient (Wildman–Crippen LogP) is 0.331. The number of carbonyl (C=O) groups is 2. The molecule has 1 atom stereocenters. The van der Waals surface area contributed by atoms with E-state index in [-0.39, 0.29) is 0 Å². The molecule has 80 valence electrons. The normalized spacial score (nSPS) is 15.9. The van der Waals surface area contributed by atoms with Gasteiger partial charge in [-0.3, -0.25) is 0 Å². The molecule has 0 fully saturated rings. The van der Waals surface area contributed by atoms with Gasteiger partial charge in [-0.15, -0.1) is 0 Å². The molecule has 0 aliphatic carbocycles. The lowest BCUT2D eigenvalue weighted by molar-refractivity contribution is -0.178. The van der Waals surface area contributed by atoms with Crippen LogP contribution >= 0.6 is 0 Å². The molecule has 1 unspecified atom stereocenters. The van der Waals surface area contributed by atoms with Crippen LogP contribution in [0.2, 0.25) is 0 Å². The molecule has 5 nitrogen and oxygen atoms in total. The van der Waals surface area contributed by atoms with Crippen LogP contribution in [0.15, 0.2) is 11.6 Å². The van der Waals surface area contributed by atoms with Gasteiger partial charge in [-0.2, -0.15) is 0 Å². The first-order valence-corrected chi connectivity index (χ1v) is 4.08. The number of aliphatic hydroxyl groups excluding tert-OH is 1. The molecule has 0 amide bonds. The molecular formula is C9H14O5. The molecule has 0 aromatic heterocycles. The van der Waals surface area contributed by atoms with E-state index < -0.39 is 24.1 Å². The number of hydrogen-bond acceptors (Lipinski definition) is 4. The van der Waals surface area contributed by atoms with E-state index in [1.165, 1.54) is 13.0 Å². The molecule has 0 aromatic rings. The number of aliphatic hydroxyl groups is 1. The van der Waals surface area contributed by atoms with Crippen LogP contribution in [0.4, 0.5) is 0 Å². The van der Waals surface area contributed by atoms with E-state index in [1.807, 2.05) is 0 Å². The van der Waals surface area contributed by atoms with Crippen molar-refractivity contribution in [2.75, 3.05) is 6.61 Å². The molecule has 0 bridgehead atoms. The molecule has 5 heteroatoms. The van der Waals surface area contributed by atoms with Crippen molar-refractivity contribution in [2.45, 2.75) is 26.4 Å². The van der Waals surface area contributed by atoms with E-state index >= 15 is 0 Å². The third-order valence-corrected chi connectivity index (χ3v) is 1.83. The SMILES string of the molecule is CC=C(C)C(=O)OC(C)(CO)C(=O)O. The van der Waals surface area contributed by atoms with Crippen LogP contribution in [0.1, 0.15) is 20.8 Å². The van der Waals surface area contributed by atoms with E-state index in [4.69, 9.17) is 10.2 Å². The summed E-state index contributed by atoms with van der Waals surface area (Å²) < 4.78 is 4.64. The lowest BCUT2D eigenvalue weighted by atomic mass is 10.1. The van der Waals surface area contributed by atoms with Gasteiger partial charge in [0.25, 0.3) is 0 Å². The molecule has 0 heterocycles. The maximum absolute atomic E-state index is 11.2. The van der Waals surface area contributed by atoms with Crippen molar-refractivity contribution < 1.29 is 24.5 Å². The van der Waals surface area contributed by atoms with Crippen LogP contribution in [0.5, 0.6) is 0 Å². The maximum atomic E-state index is 11.2. The van der Waals surface area contributed by atoms with Gasteiger partial charge < -0.3 is 14.9 Å². The number of aliphatic carboxylic acids is 1. The molecule has 0 rings (SSSR count). The van der Waals surface area contributed by atoms with Gasteiger partial charge in [0.15, 0.2) is 0 Å². The molecule has 0 aliphatic rings. The summed E-state index contributed by atoms with van der Waals surface area (Å²) in [7, 11) is 0. The van der Waals surface area contributed by atoms with Crippen molar-refractivity contribution in [1.29, 1.82) is 0 Å². The fraction of sp³-hybridized carbons (Fsp3) is 0.556. The summed E-state index contributed by atoms with van der Waals surface area (Å²) in [6.45, 7) is 3.51. The average Bonchev–Trinajstić information content (AvgIpc) is 2.15. The first-order chi connectivity index (χ1) is 6.37. The predicted molar refractivity (Wildman–Crippen MR) is 48.6 cm³/mol. The van der Waals surface area contributed by atoms with E-state index in [9.17, 15) is 9.59 Å². The molecule has 0 aliphatic heterocycles. The first kappa shape index (κ1) is 12.6. The van der Waals surface area contributed by atoms with Crippen LogP contribution in [-0.2, 0) is 14.3 Å². The van der Waals surface area contributed by atoms with Gasteiger partial charge in [-0.1, -0.05) is 6.08 Å². The van der Waals surface area contributed by atoms with Crippen LogP contribution < -0.4 is 0 Å². The lowest BCUT2D eigenvalue weighted by Crippen LogP contribution is -2.43. The molecule has 14 heavy (non-hydrogen) atoms. The molecule has 0 saturated heterocycles. The van der Waals surface area contributed by atoms with Gasteiger partial charge in [-0.05, 0) is 20.8 Å². The van der Waals surface area contributed by atoms with E-state index in [1.54, 1.807) is 6.92 Å². The Morgan fingerprint density at radius 2 is 2.00 bits per heavy atom. The van der Waals surface area contributed by atoms with Crippen molar-refractivity contribution in [2.24, 2.45) is 0 Å². The van der Waals surface area contributed by atoms with Crippen molar-refractivity contribution >= 4 is 11.9 Å². The summed E-state index contributed by atoms with van der Waals surface area (Å²) in [5.41, 5.74) is -1.58. The van der Waals surface area contributed by atoms with E-state index in [0.29, 0.717) is 5.57 Å². The number of allylic oxidation sites excluding steroid dienone is 1. The maximum Gasteiger partial charge on any atom is 0.350 e. The molecule has 2 N–H and O–H groups in total. The number of carboxylic acids is 1. The summed E-state index contributed by atoms with van der Waals surface area (Å²) in [4.78, 5) is 21.8. The Hall–Kier alpha value is -1.36. The second-order valence-electron chi connectivity index (χ2n) is 3.06. The summed E-state index contributed by atoms with van der Waals surface area (Å²) in [5.74, 6) is -2.12. The zero-order valence-electron chi connectivity index (χ0n) is 8.40. The number of esters is 1. The highest BCUT2D eigenvalue weighted by Gasteiger charge is 2.37. The summed E-state index contributed by atoms with van der Waals surface area (Å²) >= 11 is 0. The largest absolute Gasteiger partial charge is 0.478 e. The van der Waals surface area contributed by atoms with Gasteiger partial charge in [0.2, 0.25) is 5.60 Å². The van der Waals surface area contributed by atoms with Gasteiger partial charge in [0, 0.05) is 5.57 Å². The van der Waals surface area contributed by atoms with Gasteiger partial charge in [0.05, 0.1) is 6.61 Å². The number of carboxylic acid groups (broad SMARTS) is 1. The highest BCUT2D eigenvalue weighted by Crippen LogP contribution is 2.12. The number of carbonyl (C=O) groups excluding carboxylic acids is 1. The standard InChI is InChI=1S/C9H14O5/c1-4-6(2)7(11)14-9(3,5-10)8(12)13/h4,10H,5H2,1-3H3,(H,12,13). The highest BCUT2D eigenvalue weighted by molar-refractivity contribution is 5.90. The molecular weight excluding hydrogens is 188 g/mol. The Balaban J connectivity index is 4.64. The highest BCUT2D eigenvalue weighted by atomic mass is 16.6. The lowest BCUT2D eigenvalue weighted by Gasteiger charge is -2.22. The Labute approximate surface area is 82.0 Å². The van der Waals surface area contributed by atoms with Crippen molar-refractivity contribution in [1.82, 2.24) is 0 Å². The van der Waals surface area contributed by atoms with Crippen molar-refractivity contribution in [3.8, 4) is 0 Å². The fourth-order valence-corrected chi connectivity index (χ4v) is 0.546. The molecule has 0 spiro atoms. The number of ether oxygens (including phenoxy) is 1. The third-order valence-electron chi connectivity index (χ3n) is 1.83. The first-order valence-electron chi connectivity index (χ1n) is 4.08. The quantitative estimate of drug-likeness (QED) is 0.507. The number of rotatable bonds is 4. The minimum atomic E-state index is -1.87. The average molecular weight is 202 g/mol. The summed E-state index contributed by atoms with van der Waals surface area (Å²) in [6.07, 6.45) is 1.50. The van der Waals surface area contributed by atoms with Gasteiger partial charge in [-0.25, -0.2) is 9.59 Å². The summed E-state index contributed by atoms with van der Waals surface area (Å²) in [6, 6.07) is 0. The smallest absolute Gasteiger partial charge is 0.350 e. The Kier molecular flexibility index (Phi) is 4.30. The topological polar surface area (TPSA) is 83.8 Å². The monoisotopic (exact) mass is 202 g/mol. The Morgan fingerprint density at radius 3 is 2.29 bits per heavy atom. The van der Waals surface area contributed by atoms with Crippen molar-refractivity contribution in [3.05, 3.63) is 11.6 Å². The molecule has 0 radical (unpaired) electrons. The van der Waals surface area contributed by atoms with Crippen LogP contribution in [0.3, 0.4) is 0 Å². The van der Waals surface area contributed by atoms with Crippen molar-refractivity contribution in [3.63, 3.8) is 0 Å². The van der Waals surface area contributed by atoms with E-state index in [0.717, 1.165) is 6.92 Å². The second kappa shape index (κ2) is 4.76. The van der Waals surface area contributed by atoms with Gasteiger partial charge in [0.1, 0.15) is 0 Å². The summed E-state index contributed by atoms with van der Waals surface area (Å²) in [5, 5.41) is 17.5. The zero-order valence-corrected chi connectivity index (χ0v) is 8.40. The molecule has 0 aromatic carbocycles. The van der Waals surface area contributed by atoms with Crippen LogP contribution in [-0.4, -0.2) is 34.4 Å². The zero-order chi connectivity index (χ0) is 11.4. The van der Waals surface area contributed by atoms with Crippen LogP contribution in [0.25, 0.3) is 0 Å². The Bertz CT molecular complexity index is 268. The number of hydrogen-bond donors (Lipinski definition) is 2. The van der Waals surface area contributed by atoms with E-state index in [2.05, 4.69) is 4.74 Å². The third kappa shape index (κ3) is 2.85. The van der Waals surface area contributed by atoms with Gasteiger partial charge >= 0.3 is 11.9 Å². The Morgan fingerprint density at radius 1 is 1.50 bits per heavy atom. The fourth-order valence-electron chi connectivity index (χ4n) is 0.546. The molecule has 0 saturated carbocycles. The minimum Gasteiger partial charge on any atom is -0.478 e. The second-order valence-corrected chi connectivity index (χ2v) is 3.06. The minimum absolute atomic E-state index is 0.297. The van der Waals surface area contributed by atoms with Crippen LogP contribution in [0, 0.1) is 0 Å².